The van der Waals surface area contributed by atoms with Gasteiger partial charge in [0.2, 0.25) is 10.0 Å². The highest BCUT2D eigenvalue weighted by molar-refractivity contribution is 7.89. The third-order valence-electron chi connectivity index (χ3n) is 5.48. The van der Waals surface area contributed by atoms with Crippen molar-refractivity contribution >= 4 is 21.9 Å². The van der Waals surface area contributed by atoms with Crippen molar-refractivity contribution in [3.8, 4) is 5.75 Å². The molecule has 0 aromatic heterocycles. The molecule has 1 N–H and O–H groups in total. The van der Waals surface area contributed by atoms with Gasteiger partial charge < -0.3 is 14.8 Å². The number of carbonyl (C=O) groups is 2. The van der Waals surface area contributed by atoms with Crippen LogP contribution in [0.2, 0.25) is 0 Å². The summed E-state index contributed by atoms with van der Waals surface area (Å²) >= 11 is 0. The fourth-order valence-corrected chi connectivity index (χ4v) is 5.04. The van der Waals surface area contributed by atoms with Crippen LogP contribution in [0.15, 0.2) is 29.2 Å². The molecule has 1 amide bonds. The lowest BCUT2D eigenvalue weighted by Gasteiger charge is -2.30. The molecule has 2 atom stereocenters. The number of sulfonamides is 1. The molecule has 0 spiro atoms. The highest BCUT2D eigenvalue weighted by Gasteiger charge is 2.34. The molecule has 160 valence electrons. The number of hydrogen-bond acceptors (Lipinski definition) is 6. The van der Waals surface area contributed by atoms with Crippen LogP contribution in [0, 0.1) is 11.8 Å². The van der Waals surface area contributed by atoms with Gasteiger partial charge in [-0.05, 0) is 62.8 Å². The van der Waals surface area contributed by atoms with Gasteiger partial charge in [0.05, 0.1) is 17.9 Å². The second-order valence-corrected chi connectivity index (χ2v) is 9.62. The zero-order valence-electron chi connectivity index (χ0n) is 16.8. The van der Waals surface area contributed by atoms with E-state index < -0.39 is 21.9 Å². The van der Waals surface area contributed by atoms with Crippen LogP contribution in [0.3, 0.4) is 0 Å². The lowest BCUT2D eigenvalue weighted by Crippen LogP contribution is -2.43. The van der Waals surface area contributed by atoms with Gasteiger partial charge in [0.25, 0.3) is 5.91 Å². The minimum Gasteiger partial charge on any atom is -0.497 e. The van der Waals surface area contributed by atoms with Crippen molar-refractivity contribution in [3.05, 3.63) is 24.3 Å². The number of esters is 1. The van der Waals surface area contributed by atoms with E-state index in [0.29, 0.717) is 31.1 Å². The monoisotopic (exact) mass is 424 g/mol. The molecule has 1 aromatic carbocycles. The number of rotatable bonds is 8. The largest absolute Gasteiger partial charge is 0.497 e. The van der Waals surface area contributed by atoms with E-state index in [2.05, 4.69) is 5.32 Å². The third-order valence-corrected chi connectivity index (χ3v) is 7.36. The second kappa shape index (κ2) is 9.13. The van der Waals surface area contributed by atoms with Crippen LogP contribution < -0.4 is 10.1 Å². The summed E-state index contributed by atoms with van der Waals surface area (Å²) in [5.74, 6) is -0.349. The number of ether oxygens (including phenoxy) is 2. The Kier molecular flexibility index (Phi) is 6.79. The van der Waals surface area contributed by atoms with Crippen molar-refractivity contribution < 1.29 is 27.5 Å². The Morgan fingerprint density at radius 3 is 2.52 bits per heavy atom. The van der Waals surface area contributed by atoms with Crippen LogP contribution >= 0.6 is 0 Å². The Morgan fingerprint density at radius 1 is 1.21 bits per heavy atom. The molecule has 3 rings (SSSR count). The molecular weight excluding hydrogens is 396 g/mol. The zero-order chi connectivity index (χ0) is 21.0. The molecule has 1 aliphatic carbocycles. The smallest absolute Gasteiger partial charge is 0.310 e. The SMILES string of the molecule is COc1ccc(S(=O)(=O)N2CCCC(C(=O)OCC(=O)NC(C)C3CC3)C2)cc1. The van der Waals surface area contributed by atoms with E-state index in [0.717, 1.165) is 12.8 Å². The number of methoxy groups -OCH3 is 1. The lowest BCUT2D eigenvalue weighted by molar-refractivity contribution is -0.153. The minimum absolute atomic E-state index is 0.0489. The Bertz CT molecular complexity index is 835. The molecule has 8 nitrogen and oxygen atoms in total. The highest BCUT2D eigenvalue weighted by atomic mass is 32.2. The van der Waals surface area contributed by atoms with Crippen LogP contribution in [-0.2, 0) is 24.3 Å². The number of amides is 1. The average molecular weight is 425 g/mol. The van der Waals surface area contributed by atoms with Crippen molar-refractivity contribution in [1.82, 2.24) is 9.62 Å². The first-order valence-corrected chi connectivity index (χ1v) is 11.4. The average Bonchev–Trinajstić information content (AvgIpc) is 3.57. The van der Waals surface area contributed by atoms with E-state index in [1.165, 1.54) is 23.5 Å². The van der Waals surface area contributed by atoms with Crippen LogP contribution in [0.4, 0.5) is 0 Å². The normalized spacial score (nSPS) is 21.2. The van der Waals surface area contributed by atoms with Crippen molar-refractivity contribution in [2.45, 2.75) is 43.5 Å². The van der Waals surface area contributed by atoms with Crippen LogP contribution in [0.25, 0.3) is 0 Å². The molecule has 1 heterocycles. The highest BCUT2D eigenvalue weighted by Crippen LogP contribution is 2.32. The standard InChI is InChI=1S/C20H28N2O6S/c1-14(15-5-6-15)21-19(23)13-28-20(24)16-4-3-11-22(12-16)29(25,26)18-9-7-17(27-2)8-10-18/h7-10,14-16H,3-6,11-13H2,1-2H3,(H,21,23). The number of nitrogens with one attached hydrogen (secondary N) is 1. The Hall–Kier alpha value is -2.13. The van der Waals surface area contributed by atoms with Gasteiger partial charge >= 0.3 is 5.97 Å². The maximum absolute atomic E-state index is 12.9. The fourth-order valence-electron chi connectivity index (χ4n) is 3.51. The first-order chi connectivity index (χ1) is 13.8. The molecule has 2 fully saturated rings. The summed E-state index contributed by atoms with van der Waals surface area (Å²) in [6.07, 6.45) is 3.32. The van der Waals surface area contributed by atoms with Gasteiger partial charge in [-0.3, -0.25) is 9.59 Å². The number of benzene rings is 1. The van der Waals surface area contributed by atoms with E-state index in [1.807, 2.05) is 6.92 Å². The molecule has 1 aromatic rings. The fraction of sp³-hybridized carbons (Fsp3) is 0.600. The van der Waals surface area contributed by atoms with Gasteiger partial charge in [-0.25, -0.2) is 8.42 Å². The van der Waals surface area contributed by atoms with Gasteiger partial charge in [0.15, 0.2) is 6.61 Å². The van der Waals surface area contributed by atoms with E-state index in [9.17, 15) is 18.0 Å². The van der Waals surface area contributed by atoms with Gasteiger partial charge in [-0.15, -0.1) is 0 Å². The molecule has 2 unspecified atom stereocenters. The first-order valence-electron chi connectivity index (χ1n) is 9.91. The van der Waals surface area contributed by atoms with Crippen LogP contribution in [-0.4, -0.2) is 57.4 Å². The molecule has 0 radical (unpaired) electrons. The minimum atomic E-state index is -3.71. The summed E-state index contributed by atoms with van der Waals surface area (Å²) in [6.45, 7) is 2.00. The number of piperidine rings is 1. The summed E-state index contributed by atoms with van der Waals surface area (Å²) in [7, 11) is -2.20. The maximum atomic E-state index is 12.9. The lowest BCUT2D eigenvalue weighted by atomic mass is 10.00. The van der Waals surface area contributed by atoms with Crippen LogP contribution in [0.1, 0.15) is 32.6 Å². The Morgan fingerprint density at radius 2 is 1.90 bits per heavy atom. The topological polar surface area (TPSA) is 102 Å². The van der Waals surface area contributed by atoms with Crippen molar-refractivity contribution in [2.75, 3.05) is 26.8 Å². The number of carbonyl (C=O) groups excluding carboxylic acids is 2. The van der Waals surface area contributed by atoms with E-state index >= 15 is 0 Å². The summed E-state index contributed by atoms with van der Waals surface area (Å²) < 4.78 is 37.3. The van der Waals surface area contributed by atoms with Gasteiger partial charge in [0, 0.05) is 19.1 Å². The molecule has 1 saturated heterocycles. The number of hydrogen-bond donors (Lipinski definition) is 1. The molecule has 9 heteroatoms. The van der Waals surface area contributed by atoms with Crippen molar-refractivity contribution in [3.63, 3.8) is 0 Å². The summed E-state index contributed by atoms with van der Waals surface area (Å²) in [4.78, 5) is 24.5. The van der Waals surface area contributed by atoms with Crippen molar-refractivity contribution in [2.24, 2.45) is 11.8 Å². The summed E-state index contributed by atoms with van der Waals surface area (Å²) in [6, 6.07) is 6.23. The molecule has 29 heavy (non-hydrogen) atoms. The van der Waals surface area contributed by atoms with Gasteiger partial charge in [-0.1, -0.05) is 0 Å². The molecule has 0 bridgehead atoms. The Labute approximate surface area is 171 Å². The zero-order valence-corrected chi connectivity index (χ0v) is 17.6. The van der Waals surface area contributed by atoms with Gasteiger partial charge in [0.1, 0.15) is 5.75 Å². The predicted octanol–water partition coefficient (Wildman–Crippen LogP) is 1.55. The van der Waals surface area contributed by atoms with E-state index in [-0.39, 0.29) is 30.0 Å². The molecular formula is C20H28N2O6S. The third kappa shape index (κ3) is 5.48. The van der Waals surface area contributed by atoms with Crippen molar-refractivity contribution in [1.29, 1.82) is 0 Å². The van der Waals surface area contributed by atoms with Gasteiger partial charge in [-0.2, -0.15) is 4.31 Å². The number of nitrogens with zero attached hydrogens (tertiary/aromatic N) is 1. The molecule has 1 saturated carbocycles. The first kappa shape index (κ1) is 21.6. The quantitative estimate of drug-likeness (QED) is 0.636. The second-order valence-electron chi connectivity index (χ2n) is 7.68. The predicted molar refractivity (Wildman–Crippen MR) is 106 cm³/mol. The molecule has 1 aliphatic heterocycles. The maximum Gasteiger partial charge on any atom is 0.310 e. The molecule has 2 aliphatic rings. The van der Waals surface area contributed by atoms with Crippen LogP contribution in [0.5, 0.6) is 5.75 Å². The Balaban J connectivity index is 1.54. The summed E-state index contributed by atoms with van der Waals surface area (Å²) in [5, 5.41) is 2.83. The van der Waals surface area contributed by atoms with E-state index in [4.69, 9.17) is 9.47 Å². The van der Waals surface area contributed by atoms with E-state index in [1.54, 1.807) is 12.1 Å². The summed E-state index contributed by atoms with van der Waals surface area (Å²) in [5.41, 5.74) is 0.